The Labute approximate surface area is 182 Å². The lowest BCUT2D eigenvalue weighted by atomic mass is 10.2. The standard InChI is InChI=1S/C21H21N5O4S/c1-3-29-19(27)16-11-22-20(28)23-17(16)12-31-21-25-24-18(15-9-10-30-13(15)2)26(21)14-7-5-4-6-8-14/h4-10H,3,11-12H2,1-2H3,(H2,22,23,28). The lowest BCUT2D eigenvalue weighted by Crippen LogP contribution is -2.44. The average molecular weight is 439 g/mol. The number of rotatable bonds is 7. The summed E-state index contributed by atoms with van der Waals surface area (Å²) in [6, 6.07) is 11.2. The number of ether oxygens (including phenoxy) is 1. The lowest BCUT2D eigenvalue weighted by Gasteiger charge is -2.21. The number of hydrogen-bond acceptors (Lipinski definition) is 7. The molecule has 0 spiro atoms. The minimum Gasteiger partial charge on any atom is -0.469 e. The molecule has 3 aromatic rings. The van der Waals surface area contributed by atoms with Crippen LogP contribution in [0.15, 0.2) is 63.5 Å². The number of hydrogen-bond donors (Lipinski definition) is 2. The van der Waals surface area contributed by atoms with E-state index in [4.69, 9.17) is 9.15 Å². The van der Waals surface area contributed by atoms with E-state index in [1.165, 1.54) is 11.8 Å². The minimum atomic E-state index is -0.454. The van der Waals surface area contributed by atoms with Gasteiger partial charge in [0.15, 0.2) is 11.0 Å². The predicted molar refractivity (Wildman–Crippen MR) is 115 cm³/mol. The maximum Gasteiger partial charge on any atom is 0.337 e. The van der Waals surface area contributed by atoms with Crippen molar-refractivity contribution in [3.63, 3.8) is 0 Å². The van der Waals surface area contributed by atoms with Gasteiger partial charge < -0.3 is 19.8 Å². The summed E-state index contributed by atoms with van der Waals surface area (Å²) in [6.07, 6.45) is 1.61. The number of amides is 2. The normalized spacial score (nSPS) is 13.7. The Morgan fingerprint density at radius 1 is 1.26 bits per heavy atom. The molecule has 0 unspecified atom stereocenters. The average Bonchev–Trinajstić information content (AvgIpc) is 3.38. The molecule has 2 amide bonds. The Morgan fingerprint density at radius 3 is 2.77 bits per heavy atom. The van der Waals surface area contributed by atoms with Crippen LogP contribution in [0.4, 0.5) is 4.79 Å². The Kier molecular flexibility index (Phi) is 6.08. The molecule has 9 nitrogen and oxygen atoms in total. The van der Waals surface area contributed by atoms with Gasteiger partial charge in [-0.1, -0.05) is 30.0 Å². The van der Waals surface area contributed by atoms with Crippen LogP contribution in [-0.2, 0) is 9.53 Å². The number of aryl methyl sites for hydroxylation is 1. The van der Waals surface area contributed by atoms with Crippen molar-refractivity contribution in [2.75, 3.05) is 18.9 Å². The number of esters is 1. The van der Waals surface area contributed by atoms with E-state index in [2.05, 4.69) is 20.8 Å². The largest absolute Gasteiger partial charge is 0.469 e. The van der Waals surface area contributed by atoms with Gasteiger partial charge in [0.1, 0.15) is 5.76 Å². The second-order valence-electron chi connectivity index (χ2n) is 6.64. The molecule has 0 bridgehead atoms. The van der Waals surface area contributed by atoms with E-state index >= 15 is 0 Å². The number of para-hydroxylation sites is 1. The molecule has 3 heterocycles. The highest BCUT2D eigenvalue weighted by Gasteiger charge is 2.25. The van der Waals surface area contributed by atoms with E-state index in [0.717, 1.165) is 17.0 Å². The van der Waals surface area contributed by atoms with Crippen molar-refractivity contribution < 1.29 is 18.7 Å². The molecule has 0 saturated heterocycles. The van der Waals surface area contributed by atoms with E-state index in [0.29, 0.717) is 28.0 Å². The maximum absolute atomic E-state index is 12.3. The SMILES string of the molecule is CCOC(=O)C1=C(CSc2nnc(-c3ccoc3C)n2-c2ccccc2)NC(=O)NC1. The molecule has 1 aliphatic heterocycles. The van der Waals surface area contributed by atoms with Gasteiger partial charge in [-0.15, -0.1) is 10.2 Å². The van der Waals surface area contributed by atoms with Gasteiger partial charge in [-0.3, -0.25) is 4.57 Å². The summed E-state index contributed by atoms with van der Waals surface area (Å²) in [7, 11) is 0. The molecule has 10 heteroatoms. The van der Waals surface area contributed by atoms with Crippen LogP contribution >= 0.6 is 11.8 Å². The van der Waals surface area contributed by atoms with Crippen molar-refractivity contribution in [2.24, 2.45) is 0 Å². The van der Waals surface area contributed by atoms with E-state index in [1.807, 2.05) is 47.9 Å². The van der Waals surface area contributed by atoms with Crippen molar-refractivity contribution in [2.45, 2.75) is 19.0 Å². The van der Waals surface area contributed by atoms with E-state index < -0.39 is 5.97 Å². The first-order chi connectivity index (χ1) is 15.1. The van der Waals surface area contributed by atoms with E-state index in [-0.39, 0.29) is 19.2 Å². The third-order valence-corrected chi connectivity index (χ3v) is 5.62. The van der Waals surface area contributed by atoms with Crippen LogP contribution in [0.3, 0.4) is 0 Å². The third-order valence-electron chi connectivity index (χ3n) is 4.67. The number of aromatic nitrogens is 3. The van der Waals surface area contributed by atoms with Crippen molar-refractivity contribution in [3.05, 3.63) is 59.7 Å². The number of furan rings is 1. The number of carbonyl (C=O) groups is 2. The molecule has 2 N–H and O–H groups in total. The van der Waals surface area contributed by atoms with Gasteiger partial charge >= 0.3 is 12.0 Å². The molecule has 1 aliphatic rings. The lowest BCUT2D eigenvalue weighted by molar-refractivity contribution is -0.138. The third kappa shape index (κ3) is 4.33. The zero-order chi connectivity index (χ0) is 21.8. The summed E-state index contributed by atoms with van der Waals surface area (Å²) in [6.45, 7) is 3.98. The molecule has 0 aliphatic carbocycles. The molecule has 4 rings (SSSR count). The summed E-state index contributed by atoms with van der Waals surface area (Å²) >= 11 is 1.36. The molecule has 2 aromatic heterocycles. The van der Waals surface area contributed by atoms with Crippen molar-refractivity contribution in [3.8, 4) is 17.1 Å². The highest BCUT2D eigenvalue weighted by Crippen LogP contribution is 2.31. The molecule has 0 atom stereocenters. The number of benzene rings is 1. The minimum absolute atomic E-state index is 0.116. The van der Waals surface area contributed by atoms with Gasteiger partial charge in [-0.05, 0) is 32.0 Å². The van der Waals surface area contributed by atoms with Crippen LogP contribution in [0.25, 0.3) is 17.1 Å². The van der Waals surface area contributed by atoms with Gasteiger partial charge in [-0.25, -0.2) is 9.59 Å². The Balaban J connectivity index is 1.69. The van der Waals surface area contributed by atoms with Crippen molar-refractivity contribution >= 4 is 23.8 Å². The van der Waals surface area contributed by atoms with Crippen molar-refractivity contribution in [1.29, 1.82) is 0 Å². The number of thioether (sulfide) groups is 1. The number of carbonyl (C=O) groups excluding carboxylic acids is 2. The fourth-order valence-corrected chi connectivity index (χ4v) is 4.11. The smallest absolute Gasteiger partial charge is 0.337 e. The highest BCUT2D eigenvalue weighted by molar-refractivity contribution is 7.99. The monoisotopic (exact) mass is 439 g/mol. The van der Waals surface area contributed by atoms with Crippen LogP contribution in [0.5, 0.6) is 0 Å². The molecule has 0 saturated carbocycles. The Hall–Kier alpha value is -3.53. The molecule has 0 fully saturated rings. The zero-order valence-electron chi connectivity index (χ0n) is 17.0. The second-order valence-corrected chi connectivity index (χ2v) is 7.58. The van der Waals surface area contributed by atoms with E-state index in [1.54, 1.807) is 13.2 Å². The van der Waals surface area contributed by atoms with Gasteiger partial charge in [0.05, 0.1) is 30.6 Å². The van der Waals surface area contributed by atoms with Crippen LogP contribution < -0.4 is 10.6 Å². The number of nitrogens with zero attached hydrogens (tertiary/aromatic N) is 3. The number of nitrogens with one attached hydrogen (secondary N) is 2. The van der Waals surface area contributed by atoms with Gasteiger partial charge in [0.2, 0.25) is 0 Å². The summed E-state index contributed by atoms with van der Waals surface area (Å²) in [5, 5.41) is 14.7. The zero-order valence-corrected chi connectivity index (χ0v) is 17.9. The second kappa shape index (κ2) is 9.09. The van der Waals surface area contributed by atoms with Crippen LogP contribution in [0.1, 0.15) is 12.7 Å². The molecule has 31 heavy (non-hydrogen) atoms. The van der Waals surface area contributed by atoms with Gasteiger partial charge in [0, 0.05) is 17.1 Å². The van der Waals surface area contributed by atoms with E-state index in [9.17, 15) is 9.59 Å². The summed E-state index contributed by atoms with van der Waals surface area (Å²) in [5.74, 6) is 1.24. The summed E-state index contributed by atoms with van der Waals surface area (Å²) < 4.78 is 12.5. The first kappa shape index (κ1) is 20.7. The summed E-state index contributed by atoms with van der Waals surface area (Å²) in [4.78, 5) is 24.1. The molecule has 0 radical (unpaired) electrons. The quantitative estimate of drug-likeness (QED) is 0.430. The van der Waals surface area contributed by atoms with Gasteiger partial charge in [-0.2, -0.15) is 0 Å². The summed E-state index contributed by atoms with van der Waals surface area (Å²) in [5.41, 5.74) is 2.62. The van der Waals surface area contributed by atoms with Crippen molar-refractivity contribution in [1.82, 2.24) is 25.4 Å². The highest BCUT2D eigenvalue weighted by atomic mass is 32.2. The van der Waals surface area contributed by atoms with Crippen LogP contribution in [0, 0.1) is 6.92 Å². The van der Waals surface area contributed by atoms with Crippen LogP contribution in [-0.4, -0.2) is 45.7 Å². The fraction of sp³-hybridized carbons (Fsp3) is 0.238. The Bertz CT molecular complexity index is 1140. The van der Waals surface area contributed by atoms with Crippen LogP contribution in [0.2, 0.25) is 0 Å². The van der Waals surface area contributed by atoms with Gasteiger partial charge in [0.25, 0.3) is 0 Å². The molecule has 1 aromatic carbocycles. The molecule has 160 valence electrons. The number of urea groups is 1. The predicted octanol–water partition coefficient (Wildman–Crippen LogP) is 3.06. The first-order valence-electron chi connectivity index (χ1n) is 9.70. The Morgan fingerprint density at radius 2 is 2.06 bits per heavy atom. The molecular weight excluding hydrogens is 418 g/mol. The molecular formula is C21H21N5O4S. The maximum atomic E-state index is 12.3. The first-order valence-corrected chi connectivity index (χ1v) is 10.7. The topological polar surface area (TPSA) is 111 Å². The fourth-order valence-electron chi connectivity index (χ4n) is 3.17.